The van der Waals surface area contributed by atoms with E-state index < -0.39 is 65.0 Å². The number of cyclic esters (lactones) is 1. The van der Waals surface area contributed by atoms with E-state index in [1.807, 2.05) is 39.8 Å². The Morgan fingerprint density at radius 2 is 1.71 bits per heavy atom. The Balaban J connectivity index is 1.53. The van der Waals surface area contributed by atoms with E-state index in [1.165, 1.54) is 17.7 Å². The van der Waals surface area contributed by atoms with Crippen molar-refractivity contribution >= 4 is 35.0 Å². The number of ether oxygens (including phenoxy) is 4. The minimum Gasteiger partial charge on any atom is -0.458 e. The third-order valence-electron chi connectivity index (χ3n) is 12.2. The molecule has 3 aliphatic heterocycles. The molecule has 1 N–H and O–H groups in total. The molecule has 2 aromatic rings. The second-order valence-corrected chi connectivity index (χ2v) is 17.5. The van der Waals surface area contributed by atoms with Gasteiger partial charge in [0.2, 0.25) is 0 Å². The predicted octanol–water partition coefficient (Wildman–Crippen LogP) is 6.11. The molecule has 12 nitrogen and oxygen atoms in total. The number of carbonyl (C=O) groups excluding carboxylic acids is 4. The van der Waals surface area contributed by atoms with Gasteiger partial charge < -0.3 is 29.2 Å². The Hall–Kier alpha value is -3.70. The van der Waals surface area contributed by atoms with Crippen LogP contribution in [0.3, 0.4) is 0 Å². The average molecular weight is 779 g/mol. The second kappa shape index (κ2) is 17.6. The summed E-state index contributed by atoms with van der Waals surface area (Å²) in [6, 6.07) is 3.44. The Bertz CT molecular complexity index is 1760. The third kappa shape index (κ3) is 9.47. The molecular weight excluding hydrogens is 721 g/mol. The zero-order valence-corrected chi connectivity index (χ0v) is 34.7. The number of amides is 1. The number of nitrogens with one attached hydrogen (secondary N) is 1. The number of rotatable bonds is 7. The molecule has 0 bridgehead atoms. The van der Waals surface area contributed by atoms with Crippen molar-refractivity contribution in [3.63, 3.8) is 0 Å². The lowest BCUT2D eigenvalue weighted by Gasteiger charge is -2.46. The number of nitrogens with zero attached hydrogens (tertiary/aromatic N) is 3. The fourth-order valence-corrected chi connectivity index (χ4v) is 9.87. The molecule has 3 saturated heterocycles. The van der Waals surface area contributed by atoms with Crippen LogP contribution in [0.5, 0.6) is 0 Å². The highest BCUT2D eigenvalue weighted by molar-refractivity contribution is 7.16. The van der Waals surface area contributed by atoms with Gasteiger partial charge in [0.05, 0.1) is 28.7 Å². The third-order valence-corrected chi connectivity index (χ3v) is 13.2. The van der Waals surface area contributed by atoms with Crippen molar-refractivity contribution < 1.29 is 38.1 Å². The fourth-order valence-electron chi connectivity index (χ4n) is 9.02. The first-order valence-electron chi connectivity index (χ1n) is 19.5. The molecule has 5 heterocycles. The lowest BCUT2D eigenvalue weighted by atomic mass is 9.68. The Kier molecular flexibility index (Phi) is 13.6. The van der Waals surface area contributed by atoms with Gasteiger partial charge in [-0.25, -0.2) is 14.8 Å². The zero-order chi connectivity index (χ0) is 40.2. The van der Waals surface area contributed by atoms with E-state index in [2.05, 4.69) is 53.0 Å². The van der Waals surface area contributed by atoms with E-state index in [9.17, 15) is 19.2 Å². The van der Waals surface area contributed by atoms with Crippen molar-refractivity contribution in [3.05, 3.63) is 35.7 Å². The summed E-state index contributed by atoms with van der Waals surface area (Å²) in [4.78, 5) is 67.8. The number of hydrogen-bond acceptors (Lipinski definition) is 12. The summed E-state index contributed by atoms with van der Waals surface area (Å²) < 4.78 is 25.2. The van der Waals surface area contributed by atoms with Crippen LogP contribution in [-0.4, -0.2) is 101 Å². The van der Waals surface area contributed by atoms with Crippen LogP contribution in [0.2, 0.25) is 0 Å². The van der Waals surface area contributed by atoms with Crippen molar-refractivity contribution in [1.29, 1.82) is 0 Å². The molecule has 0 saturated carbocycles. The summed E-state index contributed by atoms with van der Waals surface area (Å²) in [6.45, 7) is 14.6. The summed E-state index contributed by atoms with van der Waals surface area (Å²) >= 11 is 1.52. The van der Waals surface area contributed by atoms with E-state index in [-0.39, 0.29) is 42.8 Å². The zero-order valence-electron chi connectivity index (χ0n) is 33.9. The number of thiophene rings is 1. The van der Waals surface area contributed by atoms with E-state index in [1.54, 1.807) is 33.2 Å². The van der Waals surface area contributed by atoms with E-state index in [0.29, 0.717) is 12.8 Å². The van der Waals surface area contributed by atoms with Crippen molar-refractivity contribution in [2.75, 3.05) is 20.7 Å². The van der Waals surface area contributed by atoms with E-state index in [0.717, 1.165) is 28.2 Å². The Morgan fingerprint density at radius 3 is 2.38 bits per heavy atom. The van der Waals surface area contributed by atoms with Crippen LogP contribution in [0.4, 0.5) is 4.79 Å². The molecule has 300 valence electrons. The van der Waals surface area contributed by atoms with Crippen LogP contribution in [0.25, 0.3) is 10.4 Å². The van der Waals surface area contributed by atoms with Gasteiger partial charge in [0.15, 0.2) is 5.60 Å². The van der Waals surface area contributed by atoms with Crippen LogP contribution in [0, 0.1) is 41.4 Å². The molecule has 0 radical (unpaired) electrons. The second-order valence-electron chi connectivity index (χ2n) is 16.4. The van der Waals surface area contributed by atoms with Crippen molar-refractivity contribution in [2.24, 2.45) is 29.6 Å². The van der Waals surface area contributed by atoms with Crippen LogP contribution in [0.1, 0.15) is 92.4 Å². The van der Waals surface area contributed by atoms with Crippen LogP contribution < -0.4 is 5.32 Å². The number of hydrogen-bond donors (Lipinski definition) is 1. The number of aromatic nitrogens is 2. The van der Waals surface area contributed by atoms with Crippen LogP contribution in [-0.2, 0) is 33.3 Å². The molecule has 12 atom stereocenters. The summed E-state index contributed by atoms with van der Waals surface area (Å²) in [5.74, 6) is 1.85. The number of fused-ring (bicyclic) bond motifs is 1. The molecule has 0 spiro atoms. The summed E-state index contributed by atoms with van der Waals surface area (Å²) in [5, 5.41) is 2.84. The standard InChI is InChI=1S/C42H58N4O8S/c1-11-35-42(8)38(45-40(50)54-42)27(5)36(47)24(2)20-41(7,51-16-12-13-32-14-15-34(55-32)29-21-43-23-44-22-29)33(26(4)37(48)28(6)39(49)53-35)19-31-18-30(46(9)10)17-25(3)52-31/h14-15,21-28,30-31,33,35,38H,11,16-20H2,1-10H3,(H,45,50)/t24-,25-,26-,27+,28-,30+,31?,33-,35-,38?,41+,42-/m1/s1. The minimum absolute atomic E-state index is 0.00576. The summed E-state index contributed by atoms with van der Waals surface area (Å²) in [6.07, 6.45) is 5.95. The molecule has 5 rings (SSSR count). The predicted molar refractivity (Wildman–Crippen MR) is 209 cm³/mol. The quantitative estimate of drug-likeness (QED) is 0.197. The number of ketones is 2. The van der Waals surface area contributed by atoms with Gasteiger partial charge >= 0.3 is 12.1 Å². The molecule has 3 fully saturated rings. The summed E-state index contributed by atoms with van der Waals surface area (Å²) in [5.41, 5.74) is -1.49. The minimum atomic E-state index is -1.33. The Labute approximate surface area is 329 Å². The molecule has 2 unspecified atom stereocenters. The SMILES string of the molecule is CC[C@H]1OC(=O)[C@H](C)C(=O)[C@H](C)[C@@H](CC2C[C@@H](N(C)C)C[C@@H](C)O2)[C@@](C)(OCC#Cc2ccc(-c3cncnc3)s2)C[C@@H](C)C(=O)[C@H](C)C2NC(=O)O[C@@]21C. The van der Waals surface area contributed by atoms with Gasteiger partial charge in [-0.05, 0) is 91.9 Å². The highest BCUT2D eigenvalue weighted by Crippen LogP contribution is 2.43. The molecular formula is C42H58N4O8S. The number of esters is 1. The maximum absolute atomic E-state index is 14.5. The molecule has 1 amide bonds. The van der Waals surface area contributed by atoms with Gasteiger partial charge in [0.1, 0.15) is 36.5 Å². The van der Waals surface area contributed by atoms with Crippen LogP contribution in [0.15, 0.2) is 30.9 Å². The largest absolute Gasteiger partial charge is 0.458 e. The van der Waals surface area contributed by atoms with Gasteiger partial charge in [-0.2, -0.15) is 0 Å². The number of Topliss-reactive ketones (excluding diaryl/α,β-unsaturated/α-hetero) is 2. The maximum atomic E-state index is 14.5. The lowest BCUT2D eigenvalue weighted by Crippen LogP contribution is -2.57. The van der Waals surface area contributed by atoms with E-state index >= 15 is 0 Å². The topological polar surface area (TPSA) is 146 Å². The van der Waals surface area contributed by atoms with Gasteiger partial charge in [0, 0.05) is 46.6 Å². The highest BCUT2D eigenvalue weighted by Gasteiger charge is 2.57. The van der Waals surface area contributed by atoms with Crippen LogP contribution >= 0.6 is 11.3 Å². The molecule has 0 aliphatic carbocycles. The van der Waals surface area contributed by atoms with Gasteiger partial charge in [-0.1, -0.05) is 39.5 Å². The monoisotopic (exact) mass is 778 g/mol. The van der Waals surface area contributed by atoms with Crippen molar-refractivity contribution in [1.82, 2.24) is 20.2 Å². The lowest BCUT2D eigenvalue weighted by molar-refractivity contribution is -0.173. The smallest absolute Gasteiger partial charge is 0.408 e. The average Bonchev–Trinajstić information content (AvgIpc) is 3.76. The van der Waals surface area contributed by atoms with Gasteiger partial charge in [-0.3, -0.25) is 14.4 Å². The molecule has 3 aliphatic rings. The van der Waals surface area contributed by atoms with Crippen molar-refractivity contribution in [2.45, 2.75) is 129 Å². The molecule has 2 aromatic heterocycles. The molecule has 13 heteroatoms. The van der Waals surface area contributed by atoms with Gasteiger partial charge in [-0.15, -0.1) is 11.3 Å². The number of carbonyl (C=O) groups is 4. The van der Waals surface area contributed by atoms with Gasteiger partial charge in [0.25, 0.3) is 0 Å². The van der Waals surface area contributed by atoms with Crippen molar-refractivity contribution in [3.8, 4) is 22.3 Å². The Morgan fingerprint density at radius 1 is 1.00 bits per heavy atom. The highest BCUT2D eigenvalue weighted by atomic mass is 32.1. The molecule has 55 heavy (non-hydrogen) atoms. The first-order valence-corrected chi connectivity index (χ1v) is 20.4. The number of alkyl carbamates (subject to hydrolysis) is 1. The first-order chi connectivity index (χ1) is 26.0. The first kappa shape index (κ1) is 42.4. The molecule has 0 aromatic carbocycles. The fraction of sp³-hybridized carbons (Fsp3) is 0.667. The van der Waals surface area contributed by atoms with E-state index in [4.69, 9.17) is 18.9 Å². The normalized spacial score (nSPS) is 36.2. The maximum Gasteiger partial charge on any atom is 0.408 e. The summed E-state index contributed by atoms with van der Waals surface area (Å²) in [7, 11) is 4.13.